The highest BCUT2D eigenvalue weighted by atomic mass is 19.3. The molecule has 0 saturated carbocycles. The molecule has 1 rings (SSSR count). The Morgan fingerprint density at radius 1 is 1.67 bits per heavy atom. The molecule has 68 valence electrons. The molecule has 0 amide bonds. The standard InChI is InChI=1S/C8H11F2NO/c1-2-11-5-6(12)3-4-7(11)8(9)10/h3-5,7-8,12H,2H2,1H3. The van der Waals surface area contributed by atoms with E-state index < -0.39 is 12.5 Å². The number of nitrogens with zero attached hydrogens (tertiary/aromatic N) is 1. The quantitative estimate of drug-likeness (QED) is 0.693. The van der Waals surface area contributed by atoms with Crippen LogP contribution in [0.4, 0.5) is 8.78 Å². The van der Waals surface area contributed by atoms with Crippen molar-refractivity contribution in [2.45, 2.75) is 19.4 Å². The minimum atomic E-state index is -2.41. The molecule has 0 aromatic carbocycles. The van der Waals surface area contributed by atoms with Crippen LogP contribution in [-0.2, 0) is 0 Å². The van der Waals surface area contributed by atoms with Gasteiger partial charge in [-0.25, -0.2) is 8.78 Å². The molecule has 0 aromatic heterocycles. The van der Waals surface area contributed by atoms with Gasteiger partial charge >= 0.3 is 0 Å². The van der Waals surface area contributed by atoms with Crippen LogP contribution in [0.25, 0.3) is 0 Å². The van der Waals surface area contributed by atoms with E-state index in [1.807, 2.05) is 0 Å². The molecule has 0 aromatic rings. The maximum absolute atomic E-state index is 12.3. The first kappa shape index (κ1) is 9.03. The monoisotopic (exact) mass is 175 g/mol. The van der Waals surface area contributed by atoms with Gasteiger partial charge in [0.25, 0.3) is 6.43 Å². The van der Waals surface area contributed by atoms with Crippen LogP contribution in [0.2, 0.25) is 0 Å². The van der Waals surface area contributed by atoms with E-state index in [0.717, 1.165) is 0 Å². The van der Waals surface area contributed by atoms with Gasteiger partial charge in [0.05, 0.1) is 0 Å². The van der Waals surface area contributed by atoms with Crippen LogP contribution in [0.1, 0.15) is 6.92 Å². The molecule has 1 aliphatic rings. The van der Waals surface area contributed by atoms with Gasteiger partial charge in [-0.05, 0) is 13.0 Å². The molecule has 12 heavy (non-hydrogen) atoms. The molecule has 0 radical (unpaired) electrons. The zero-order valence-electron chi connectivity index (χ0n) is 6.74. The Kier molecular flexibility index (Phi) is 2.68. The van der Waals surface area contributed by atoms with Gasteiger partial charge in [0.15, 0.2) is 0 Å². The Bertz CT molecular complexity index is 213. The van der Waals surface area contributed by atoms with Crippen molar-refractivity contribution >= 4 is 0 Å². The molecule has 1 N–H and O–H groups in total. The number of halogens is 2. The molecule has 1 atom stereocenters. The molecule has 0 saturated heterocycles. The summed E-state index contributed by atoms with van der Waals surface area (Å²) >= 11 is 0. The van der Waals surface area contributed by atoms with Crippen molar-refractivity contribution in [1.82, 2.24) is 4.90 Å². The van der Waals surface area contributed by atoms with Crippen LogP contribution in [-0.4, -0.2) is 29.0 Å². The van der Waals surface area contributed by atoms with Crippen molar-refractivity contribution in [3.63, 3.8) is 0 Å². The molecule has 1 aliphatic heterocycles. The predicted octanol–water partition coefficient (Wildman–Crippen LogP) is 1.91. The van der Waals surface area contributed by atoms with Crippen molar-refractivity contribution in [2.24, 2.45) is 0 Å². The van der Waals surface area contributed by atoms with Gasteiger partial charge in [-0.2, -0.15) is 0 Å². The van der Waals surface area contributed by atoms with Gasteiger partial charge in [0, 0.05) is 12.7 Å². The number of alkyl halides is 2. The fraction of sp³-hybridized carbons (Fsp3) is 0.500. The number of hydrogen-bond donors (Lipinski definition) is 1. The second kappa shape index (κ2) is 3.56. The Morgan fingerprint density at radius 2 is 2.33 bits per heavy atom. The minimum Gasteiger partial charge on any atom is -0.506 e. The van der Waals surface area contributed by atoms with Crippen molar-refractivity contribution in [1.29, 1.82) is 0 Å². The molecule has 1 heterocycles. The first-order chi connectivity index (χ1) is 5.65. The Morgan fingerprint density at radius 3 is 2.83 bits per heavy atom. The summed E-state index contributed by atoms with van der Waals surface area (Å²) in [6.45, 7) is 2.22. The van der Waals surface area contributed by atoms with Crippen LogP contribution in [0.15, 0.2) is 24.1 Å². The van der Waals surface area contributed by atoms with E-state index >= 15 is 0 Å². The van der Waals surface area contributed by atoms with E-state index in [-0.39, 0.29) is 5.76 Å². The number of allylic oxidation sites excluding steroid dienone is 1. The SMILES string of the molecule is CCN1C=C(O)C=CC1C(F)F. The van der Waals surface area contributed by atoms with E-state index in [9.17, 15) is 8.78 Å². The van der Waals surface area contributed by atoms with Gasteiger partial charge in [-0.3, -0.25) is 0 Å². The molecule has 2 nitrogen and oxygen atoms in total. The highest BCUT2D eigenvalue weighted by molar-refractivity contribution is 5.18. The minimum absolute atomic E-state index is 0.0220. The van der Waals surface area contributed by atoms with E-state index in [0.29, 0.717) is 6.54 Å². The average molecular weight is 175 g/mol. The van der Waals surface area contributed by atoms with Crippen molar-refractivity contribution in [3.8, 4) is 0 Å². The summed E-state index contributed by atoms with van der Waals surface area (Å²) in [4.78, 5) is 1.40. The lowest BCUT2D eigenvalue weighted by Crippen LogP contribution is -2.36. The van der Waals surface area contributed by atoms with Gasteiger partial charge in [-0.1, -0.05) is 6.08 Å². The van der Waals surface area contributed by atoms with Crippen molar-refractivity contribution in [2.75, 3.05) is 6.54 Å². The molecule has 0 spiro atoms. The molecule has 0 aliphatic carbocycles. The Labute approximate surface area is 69.8 Å². The number of likely N-dealkylation sites (N-methyl/N-ethyl adjacent to an activating group) is 1. The third kappa shape index (κ3) is 1.75. The van der Waals surface area contributed by atoms with E-state index in [4.69, 9.17) is 5.11 Å². The lowest BCUT2D eigenvalue weighted by molar-refractivity contribution is 0.0701. The second-order valence-electron chi connectivity index (χ2n) is 2.57. The van der Waals surface area contributed by atoms with E-state index in [1.54, 1.807) is 6.92 Å². The molecule has 1 unspecified atom stereocenters. The summed E-state index contributed by atoms with van der Waals surface area (Å²) in [6.07, 6.45) is 1.52. The van der Waals surface area contributed by atoms with E-state index in [1.165, 1.54) is 23.3 Å². The second-order valence-corrected chi connectivity index (χ2v) is 2.57. The summed E-state index contributed by atoms with van der Waals surface area (Å²) in [5.74, 6) is 0.0220. The summed E-state index contributed by atoms with van der Waals surface area (Å²) in [5, 5.41) is 9.00. The maximum atomic E-state index is 12.3. The topological polar surface area (TPSA) is 23.5 Å². The smallest absolute Gasteiger partial charge is 0.262 e. The number of aliphatic hydroxyl groups excluding tert-OH is 1. The number of rotatable bonds is 2. The zero-order valence-corrected chi connectivity index (χ0v) is 6.74. The highest BCUT2D eigenvalue weighted by Crippen LogP contribution is 2.17. The van der Waals surface area contributed by atoms with Crippen LogP contribution < -0.4 is 0 Å². The predicted molar refractivity (Wildman–Crippen MR) is 42.0 cm³/mol. The van der Waals surface area contributed by atoms with Crippen molar-refractivity contribution in [3.05, 3.63) is 24.1 Å². The lowest BCUT2D eigenvalue weighted by atomic mass is 10.2. The zero-order chi connectivity index (χ0) is 9.14. The summed E-state index contributed by atoms with van der Waals surface area (Å²) in [7, 11) is 0. The van der Waals surface area contributed by atoms with Crippen LogP contribution >= 0.6 is 0 Å². The van der Waals surface area contributed by atoms with Crippen molar-refractivity contribution < 1.29 is 13.9 Å². The normalized spacial score (nSPS) is 23.2. The first-order valence-corrected chi connectivity index (χ1v) is 3.78. The fourth-order valence-electron chi connectivity index (χ4n) is 1.14. The largest absolute Gasteiger partial charge is 0.506 e. The molecular weight excluding hydrogens is 164 g/mol. The lowest BCUT2D eigenvalue weighted by Gasteiger charge is -2.28. The average Bonchev–Trinajstić information content (AvgIpc) is 2.03. The molecular formula is C8H11F2NO. The van der Waals surface area contributed by atoms with E-state index in [2.05, 4.69) is 0 Å². The Hall–Kier alpha value is -1.06. The summed E-state index contributed by atoms with van der Waals surface area (Å²) in [5.41, 5.74) is 0. The summed E-state index contributed by atoms with van der Waals surface area (Å²) < 4.78 is 24.6. The summed E-state index contributed by atoms with van der Waals surface area (Å²) in [6, 6.07) is -0.897. The van der Waals surface area contributed by atoms with Gasteiger partial charge in [-0.15, -0.1) is 0 Å². The maximum Gasteiger partial charge on any atom is 0.262 e. The first-order valence-electron chi connectivity index (χ1n) is 3.78. The third-order valence-corrected chi connectivity index (χ3v) is 1.77. The Balaban J connectivity index is 2.73. The number of hydrogen-bond acceptors (Lipinski definition) is 2. The molecule has 0 fully saturated rings. The van der Waals surface area contributed by atoms with Crippen LogP contribution in [0.3, 0.4) is 0 Å². The van der Waals surface area contributed by atoms with Gasteiger partial charge < -0.3 is 10.0 Å². The van der Waals surface area contributed by atoms with Gasteiger partial charge in [0.1, 0.15) is 11.8 Å². The fourth-order valence-corrected chi connectivity index (χ4v) is 1.14. The number of aliphatic hydroxyl groups is 1. The van der Waals surface area contributed by atoms with Crippen LogP contribution in [0, 0.1) is 0 Å². The third-order valence-electron chi connectivity index (χ3n) is 1.77. The molecule has 4 heteroatoms. The molecule has 0 bridgehead atoms. The van der Waals surface area contributed by atoms with Gasteiger partial charge in [0.2, 0.25) is 0 Å². The van der Waals surface area contributed by atoms with Crippen LogP contribution in [0.5, 0.6) is 0 Å². The highest BCUT2D eigenvalue weighted by Gasteiger charge is 2.24.